The topological polar surface area (TPSA) is 103 Å². The zero-order valence-electron chi connectivity index (χ0n) is 25.9. The van der Waals surface area contributed by atoms with Crippen LogP contribution in [0.1, 0.15) is 34.5 Å². The molecular weight excluding hydrogens is 617 g/mol. The first-order valence-corrected chi connectivity index (χ1v) is 16.3. The van der Waals surface area contributed by atoms with Crippen molar-refractivity contribution < 1.29 is 22.7 Å². The number of fused-ring (bicyclic) bond motifs is 2. The van der Waals surface area contributed by atoms with Gasteiger partial charge in [0.1, 0.15) is 28.7 Å². The predicted octanol–water partition coefficient (Wildman–Crippen LogP) is 5.39. The molecule has 1 aromatic carbocycles. The fraction of sp³-hybridized carbons (Fsp3) is 0.500. The van der Waals surface area contributed by atoms with Gasteiger partial charge in [-0.3, -0.25) is 9.80 Å². The molecule has 3 aromatic heterocycles. The number of amides is 1. The molecule has 2 saturated heterocycles. The highest BCUT2D eigenvalue weighted by Crippen LogP contribution is 2.33. The van der Waals surface area contributed by atoms with Gasteiger partial charge in [-0.05, 0) is 49.1 Å². The Bertz CT molecular complexity index is 1750. The number of ether oxygens (including phenoxy) is 1. The van der Waals surface area contributed by atoms with E-state index in [4.69, 9.17) is 4.74 Å². The number of halogens is 3. The van der Waals surface area contributed by atoms with E-state index in [2.05, 4.69) is 54.8 Å². The molecule has 14 heteroatoms. The fourth-order valence-corrected chi connectivity index (χ4v) is 7.55. The van der Waals surface area contributed by atoms with Gasteiger partial charge in [0.15, 0.2) is 0 Å². The number of carbonyl (C=O) groups is 1. The van der Waals surface area contributed by atoms with Crippen molar-refractivity contribution in [1.82, 2.24) is 29.2 Å². The second-order valence-corrected chi connectivity index (χ2v) is 13.1. The van der Waals surface area contributed by atoms with Crippen LogP contribution in [0.5, 0.6) is 0 Å². The average molecular weight is 655 g/mol. The lowest BCUT2D eigenvalue weighted by molar-refractivity contribution is -0.126. The molecule has 2 fully saturated rings. The van der Waals surface area contributed by atoms with Crippen LogP contribution in [-0.4, -0.2) is 100 Å². The number of methoxy groups -OCH3 is 1. The summed E-state index contributed by atoms with van der Waals surface area (Å²) in [6.07, 6.45) is -2.33. The lowest BCUT2D eigenvalue weighted by Crippen LogP contribution is -2.49. The molecule has 4 aromatic rings. The minimum atomic E-state index is -4.26. The molecular formula is C32H37F3N8O2S. The Morgan fingerprint density at radius 1 is 1.07 bits per heavy atom. The van der Waals surface area contributed by atoms with Gasteiger partial charge in [0.2, 0.25) is 0 Å². The molecule has 0 bridgehead atoms. The molecule has 2 aliphatic heterocycles. The van der Waals surface area contributed by atoms with Gasteiger partial charge in [0.25, 0.3) is 0 Å². The molecule has 46 heavy (non-hydrogen) atoms. The quantitative estimate of drug-likeness (QED) is 0.270. The van der Waals surface area contributed by atoms with Crippen molar-refractivity contribution in [2.75, 3.05) is 58.2 Å². The number of nitrogens with one attached hydrogen (secondary N) is 1. The molecule has 0 radical (unpaired) electrons. The number of anilines is 1. The SMILES string of the molecule is COC(=O)N1CCN(CCn2c(C#N)cc3c(C)c(CN4CCC(Nc5ncnc6sc(CC(F)(F)F)cc56)CC4)ccc32)CC1. The Kier molecular flexibility index (Phi) is 9.35. The summed E-state index contributed by atoms with van der Waals surface area (Å²) in [4.78, 5) is 27.6. The van der Waals surface area contributed by atoms with Crippen molar-refractivity contribution in [3.05, 3.63) is 52.3 Å². The molecule has 0 unspecified atom stereocenters. The third-order valence-electron chi connectivity index (χ3n) is 9.10. The lowest BCUT2D eigenvalue weighted by atomic mass is 10.0. The number of aromatic nitrogens is 3. The Balaban J connectivity index is 1.06. The largest absolute Gasteiger partial charge is 0.453 e. The molecule has 0 aliphatic carbocycles. The highest BCUT2D eigenvalue weighted by molar-refractivity contribution is 7.18. The first-order chi connectivity index (χ1) is 22.1. The van der Waals surface area contributed by atoms with Gasteiger partial charge in [-0.15, -0.1) is 11.3 Å². The van der Waals surface area contributed by atoms with Gasteiger partial charge in [-0.1, -0.05) is 6.07 Å². The molecule has 0 atom stereocenters. The van der Waals surface area contributed by atoms with E-state index in [1.807, 2.05) is 6.07 Å². The third kappa shape index (κ3) is 7.06. The number of hydrogen-bond donors (Lipinski definition) is 1. The summed E-state index contributed by atoms with van der Waals surface area (Å²) >= 11 is 1.06. The molecule has 244 valence electrons. The van der Waals surface area contributed by atoms with Crippen LogP contribution in [0.25, 0.3) is 21.1 Å². The van der Waals surface area contributed by atoms with E-state index in [-0.39, 0.29) is 17.0 Å². The van der Waals surface area contributed by atoms with Crippen molar-refractivity contribution in [1.29, 1.82) is 5.26 Å². The number of alkyl halides is 3. The van der Waals surface area contributed by atoms with E-state index < -0.39 is 12.6 Å². The van der Waals surface area contributed by atoms with E-state index in [9.17, 15) is 23.2 Å². The predicted molar refractivity (Wildman–Crippen MR) is 171 cm³/mol. The van der Waals surface area contributed by atoms with Crippen LogP contribution in [-0.2, 0) is 24.2 Å². The van der Waals surface area contributed by atoms with Gasteiger partial charge in [0, 0.05) is 80.7 Å². The number of benzene rings is 1. The standard InChI is InChI=1S/C32H37F3N8O2S/c1-21-22(3-4-28-26(21)15-24(18-36)43(28)14-11-40-9-12-42(13-10-40)31(44)45-2)19-41-7-5-23(6-8-41)39-29-27-16-25(17-32(33,34)35)46-30(27)38-20-37-29/h3-4,15-16,20,23H,5-14,17,19H2,1-2H3,(H,37,38,39). The number of likely N-dealkylation sites (tertiary alicyclic amines) is 1. The van der Waals surface area contributed by atoms with Crippen LogP contribution in [0.15, 0.2) is 30.6 Å². The lowest BCUT2D eigenvalue weighted by Gasteiger charge is -2.34. The molecule has 6 rings (SSSR count). The summed E-state index contributed by atoms with van der Waals surface area (Å²) in [5, 5.41) is 15.1. The van der Waals surface area contributed by atoms with Crippen LogP contribution in [0, 0.1) is 18.3 Å². The summed E-state index contributed by atoms with van der Waals surface area (Å²) in [7, 11) is 1.40. The molecule has 5 heterocycles. The number of hydrogen-bond acceptors (Lipinski definition) is 9. The van der Waals surface area contributed by atoms with E-state index in [1.165, 1.54) is 24.6 Å². The number of carbonyl (C=O) groups excluding carboxylic acids is 1. The van der Waals surface area contributed by atoms with E-state index in [0.717, 1.165) is 74.3 Å². The van der Waals surface area contributed by atoms with Crippen LogP contribution in [0.3, 0.4) is 0 Å². The summed E-state index contributed by atoms with van der Waals surface area (Å²) in [6, 6.07) is 10.4. The normalized spacial score (nSPS) is 17.1. The van der Waals surface area contributed by atoms with Crippen molar-refractivity contribution in [2.24, 2.45) is 0 Å². The van der Waals surface area contributed by atoms with Crippen molar-refractivity contribution in [3.63, 3.8) is 0 Å². The minimum absolute atomic E-state index is 0.166. The van der Waals surface area contributed by atoms with E-state index in [1.54, 1.807) is 11.0 Å². The maximum absolute atomic E-state index is 12.9. The Morgan fingerprint density at radius 2 is 1.83 bits per heavy atom. The molecule has 1 N–H and O–H groups in total. The highest BCUT2D eigenvalue weighted by atomic mass is 32.1. The summed E-state index contributed by atoms with van der Waals surface area (Å²) in [6.45, 7) is 8.96. The third-order valence-corrected chi connectivity index (χ3v) is 10.1. The van der Waals surface area contributed by atoms with Crippen molar-refractivity contribution in [3.8, 4) is 6.07 Å². The van der Waals surface area contributed by atoms with Gasteiger partial charge >= 0.3 is 12.3 Å². The average Bonchev–Trinajstić information content (AvgIpc) is 3.62. The van der Waals surface area contributed by atoms with Crippen molar-refractivity contribution in [2.45, 2.75) is 51.5 Å². The number of nitriles is 1. The summed E-state index contributed by atoms with van der Waals surface area (Å²) in [5.74, 6) is 0.593. The smallest absolute Gasteiger partial charge is 0.409 e. The maximum Gasteiger partial charge on any atom is 0.409 e. The Morgan fingerprint density at radius 3 is 2.52 bits per heavy atom. The van der Waals surface area contributed by atoms with Gasteiger partial charge in [-0.25, -0.2) is 14.8 Å². The zero-order chi connectivity index (χ0) is 32.4. The van der Waals surface area contributed by atoms with Gasteiger partial charge in [0.05, 0.1) is 18.9 Å². The van der Waals surface area contributed by atoms with Crippen molar-refractivity contribution >= 4 is 44.4 Å². The van der Waals surface area contributed by atoms with Crippen LogP contribution >= 0.6 is 11.3 Å². The number of piperazine rings is 1. The van der Waals surface area contributed by atoms with Crippen LogP contribution in [0.2, 0.25) is 0 Å². The first kappa shape index (κ1) is 32.0. The zero-order valence-corrected chi connectivity index (χ0v) is 26.8. The van der Waals surface area contributed by atoms with Crippen LogP contribution in [0.4, 0.5) is 23.8 Å². The number of rotatable bonds is 8. The van der Waals surface area contributed by atoms with E-state index >= 15 is 0 Å². The van der Waals surface area contributed by atoms with Gasteiger partial charge < -0.3 is 19.5 Å². The van der Waals surface area contributed by atoms with Crippen LogP contribution < -0.4 is 5.32 Å². The molecule has 10 nitrogen and oxygen atoms in total. The monoisotopic (exact) mass is 654 g/mol. The second kappa shape index (κ2) is 13.4. The Labute approximate surface area is 269 Å². The maximum atomic E-state index is 12.9. The highest BCUT2D eigenvalue weighted by Gasteiger charge is 2.29. The number of nitrogens with zero attached hydrogens (tertiary/aromatic N) is 7. The number of aryl methyl sites for hydroxylation is 1. The van der Waals surface area contributed by atoms with E-state index in [0.29, 0.717) is 41.4 Å². The summed E-state index contributed by atoms with van der Waals surface area (Å²) in [5.41, 5.74) is 4.10. The first-order valence-electron chi connectivity index (χ1n) is 15.5. The molecule has 1 amide bonds. The molecule has 0 saturated carbocycles. The summed E-state index contributed by atoms with van der Waals surface area (Å²) < 4.78 is 45.7. The number of thiophene rings is 1. The van der Waals surface area contributed by atoms with Gasteiger partial charge in [-0.2, -0.15) is 18.4 Å². The number of piperidine rings is 1. The fourth-order valence-electron chi connectivity index (χ4n) is 6.53. The molecule has 2 aliphatic rings. The minimum Gasteiger partial charge on any atom is -0.453 e. The Hall–Kier alpha value is -3.93. The second-order valence-electron chi connectivity index (χ2n) is 12.0. The molecule has 0 spiro atoms.